The second kappa shape index (κ2) is 4.71. The molecule has 0 aliphatic carbocycles. The normalized spacial score (nSPS) is 32.1. The Morgan fingerprint density at radius 1 is 1.28 bits per heavy atom. The first-order valence-corrected chi connectivity index (χ1v) is 6.47. The molecule has 2 N–H and O–H groups in total. The number of rotatable bonds is 2. The van der Waals surface area contributed by atoms with Crippen LogP contribution in [0, 0.1) is 0 Å². The van der Waals surface area contributed by atoms with E-state index >= 15 is 0 Å². The van der Waals surface area contributed by atoms with Crippen molar-refractivity contribution in [2.45, 2.75) is 44.1 Å². The summed E-state index contributed by atoms with van der Waals surface area (Å²) in [6.07, 6.45) is 1.96. The number of carbonyl (C=O) groups excluding carboxylic acids is 1. The maximum Gasteiger partial charge on any atom is 0.308 e. The van der Waals surface area contributed by atoms with Gasteiger partial charge in [-0.05, 0) is 12.0 Å². The molecule has 1 aromatic rings. The maximum absolute atomic E-state index is 11.5. The number of carbonyl (C=O) groups is 1. The van der Waals surface area contributed by atoms with E-state index in [0.29, 0.717) is 6.42 Å². The topological polar surface area (TPSA) is 55.6 Å². The maximum atomic E-state index is 11.5. The summed E-state index contributed by atoms with van der Waals surface area (Å²) in [5, 5.41) is 0. The lowest BCUT2D eigenvalue weighted by atomic mass is 9.92. The van der Waals surface area contributed by atoms with Gasteiger partial charge in [0.25, 0.3) is 0 Å². The van der Waals surface area contributed by atoms with Crippen LogP contribution < -0.4 is 5.73 Å². The van der Waals surface area contributed by atoms with Crippen molar-refractivity contribution in [2.24, 2.45) is 5.73 Å². The third-order valence-corrected chi connectivity index (χ3v) is 3.80. The summed E-state index contributed by atoms with van der Waals surface area (Å²) in [5.74, 6) is -0.0822. The van der Waals surface area contributed by atoms with Crippen molar-refractivity contribution in [1.82, 2.24) is 4.90 Å². The van der Waals surface area contributed by atoms with Crippen molar-refractivity contribution in [3.63, 3.8) is 0 Å². The summed E-state index contributed by atoms with van der Waals surface area (Å²) in [7, 11) is 0. The first-order valence-electron chi connectivity index (χ1n) is 6.47. The van der Waals surface area contributed by atoms with Gasteiger partial charge < -0.3 is 10.5 Å². The van der Waals surface area contributed by atoms with Crippen LogP contribution in [0.5, 0.6) is 0 Å². The van der Waals surface area contributed by atoms with Gasteiger partial charge >= 0.3 is 5.97 Å². The van der Waals surface area contributed by atoms with Crippen molar-refractivity contribution in [3.8, 4) is 0 Å². The molecule has 3 rings (SSSR count). The van der Waals surface area contributed by atoms with Gasteiger partial charge in [-0.2, -0.15) is 0 Å². The molecule has 3 atom stereocenters. The van der Waals surface area contributed by atoms with Gasteiger partial charge in [0.1, 0.15) is 0 Å². The molecule has 0 saturated carbocycles. The molecule has 2 heterocycles. The van der Waals surface area contributed by atoms with Crippen LogP contribution in [0.3, 0.4) is 0 Å². The number of esters is 1. The molecule has 4 heteroatoms. The number of nitrogens with zero attached hydrogens (tertiary/aromatic N) is 1. The van der Waals surface area contributed by atoms with E-state index in [0.717, 1.165) is 19.4 Å². The number of fused-ring (bicyclic) bond motifs is 2. The zero-order chi connectivity index (χ0) is 12.5. The highest BCUT2D eigenvalue weighted by atomic mass is 16.6. The quantitative estimate of drug-likeness (QED) is 0.798. The minimum absolute atomic E-state index is 0.0822. The van der Waals surface area contributed by atoms with Gasteiger partial charge in [0.2, 0.25) is 0 Å². The average molecular weight is 246 g/mol. The van der Waals surface area contributed by atoms with E-state index < -0.39 is 0 Å². The molecule has 3 unspecified atom stereocenters. The van der Waals surface area contributed by atoms with Crippen LogP contribution in [-0.2, 0) is 16.1 Å². The van der Waals surface area contributed by atoms with Crippen molar-refractivity contribution in [1.29, 1.82) is 0 Å². The van der Waals surface area contributed by atoms with Crippen molar-refractivity contribution >= 4 is 5.97 Å². The summed E-state index contributed by atoms with van der Waals surface area (Å²) < 4.78 is 5.42. The van der Waals surface area contributed by atoms with Crippen LogP contribution in [0.25, 0.3) is 0 Å². The first kappa shape index (κ1) is 11.7. The molecule has 0 aromatic heterocycles. The Labute approximate surface area is 107 Å². The van der Waals surface area contributed by atoms with Crippen LogP contribution in [0.4, 0.5) is 0 Å². The second-order valence-electron chi connectivity index (χ2n) is 5.19. The summed E-state index contributed by atoms with van der Waals surface area (Å²) >= 11 is 0. The summed E-state index contributed by atoms with van der Waals surface area (Å²) in [6.45, 7) is 0.830. The molecular formula is C14H18N2O2. The van der Waals surface area contributed by atoms with E-state index in [9.17, 15) is 4.79 Å². The monoisotopic (exact) mass is 246 g/mol. The van der Waals surface area contributed by atoms with Gasteiger partial charge in [0.15, 0.2) is 6.23 Å². The third kappa shape index (κ3) is 2.26. The minimum Gasteiger partial charge on any atom is -0.446 e. The lowest BCUT2D eigenvalue weighted by Gasteiger charge is -2.46. The van der Waals surface area contributed by atoms with Crippen LogP contribution >= 0.6 is 0 Å². The van der Waals surface area contributed by atoms with E-state index in [4.69, 9.17) is 10.5 Å². The molecular weight excluding hydrogens is 228 g/mol. The Morgan fingerprint density at radius 2 is 2.06 bits per heavy atom. The van der Waals surface area contributed by atoms with Crippen molar-refractivity contribution in [3.05, 3.63) is 35.9 Å². The molecule has 2 bridgehead atoms. The van der Waals surface area contributed by atoms with Crippen LogP contribution in [0.2, 0.25) is 0 Å². The second-order valence-corrected chi connectivity index (χ2v) is 5.19. The van der Waals surface area contributed by atoms with E-state index in [1.807, 2.05) is 18.2 Å². The Kier molecular flexibility index (Phi) is 3.06. The fraction of sp³-hybridized carbons (Fsp3) is 0.500. The number of ether oxygens (including phenoxy) is 1. The van der Waals surface area contributed by atoms with Gasteiger partial charge in [-0.25, -0.2) is 0 Å². The average Bonchev–Trinajstić information content (AvgIpc) is 2.32. The van der Waals surface area contributed by atoms with Gasteiger partial charge in [-0.3, -0.25) is 9.69 Å². The molecule has 4 nitrogen and oxygen atoms in total. The number of hydrogen-bond donors (Lipinski definition) is 1. The minimum atomic E-state index is -0.139. The molecule has 1 aromatic carbocycles. The van der Waals surface area contributed by atoms with E-state index in [1.165, 1.54) is 5.56 Å². The van der Waals surface area contributed by atoms with Crippen molar-refractivity contribution in [2.75, 3.05) is 0 Å². The van der Waals surface area contributed by atoms with Crippen LogP contribution in [-0.4, -0.2) is 29.2 Å². The first-order chi connectivity index (χ1) is 8.72. The number of nitrogens with two attached hydrogens (primary N) is 1. The fourth-order valence-corrected chi connectivity index (χ4v) is 2.94. The lowest BCUT2D eigenvalue weighted by molar-refractivity contribution is -0.186. The predicted octanol–water partition coefficient (Wildman–Crippen LogP) is 1.25. The highest BCUT2D eigenvalue weighted by Crippen LogP contribution is 2.31. The zero-order valence-corrected chi connectivity index (χ0v) is 10.3. The SMILES string of the molecule is NC1CC2CC(=O)OC(C1)N2Cc1ccccc1. The number of benzene rings is 1. The highest BCUT2D eigenvalue weighted by Gasteiger charge is 2.41. The van der Waals surface area contributed by atoms with Gasteiger partial charge in [-0.1, -0.05) is 30.3 Å². The summed E-state index contributed by atoms with van der Waals surface area (Å²) in [5.41, 5.74) is 7.26. The molecule has 0 spiro atoms. The molecule has 2 fully saturated rings. The highest BCUT2D eigenvalue weighted by molar-refractivity contribution is 5.71. The molecule has 2 saturated heterocycles. The van der Waals surface area contributed by atoms with E-state index in [2.05, 4.69) is 17.0 Å². The largest absolute Gasteiger partial charge is 0.446 e. The smallest absolute Gasteiger partial charge is 0.308 e. The molecule has 2 aliphatic heterocycles. The van der Waals surface area contributed by atoms with Gasteiger partial charge in [0, 0.05) is 25.0 Å². The Balaban J connectivity index is 1.77. The standard InChI is InChI=1S/C14H18N2O2/c15-11-6-12-8-14(17)18-13(7-11)16(12)9-10-4-2-1-3-5-10/h1-5,11-13H,6-9,15H2. The Hall–Kier alpha value is -1.39. The lowest BCUT2D eigenvalue weighted by Crippen LogP contribution is -2.58. The predicted molar refractivity (Wildman–Crippen MR) is 67.5 cm³/mol. The Morgan fingerprint density at radius 3 is 2.78 bits per heavy atom. The molecule has 2 aliphatic rings. The molecule has 0 radical (unpaired) electrons. The van der Waals surface area contributed by atoms with E-state index in [-0.39, 0.29) is 24.3 Å². The number of piperidine rings is 1. The molecule has 96 valence electrons. The zero-order valence-electron chi connectivity index (χ0n) is 10.3. The van der Waals surface area contributed by atoms with Gasteiger partial charge in [-0.15, -0.1) is 0 Å². The Bertz CT molecular complexity index is 417. The van der Waals surface area contributed by atoms with Crippen molar-refractivity contribution < 1.29 is 9.53 Å². The van der Waals surface area contributed by atoms with Crippen LogP contribution in [0.15, 0.2) is 30.3 Å². The molecule has 0 amide bonds. The van der Waals surface area contributed by atoms with Gasteiger partial charge in [0.05, 0.1) is 6.42 Å². The number of hydrogen-bond acceptors (Lipinski definition) is 4. The third-order valence-electron chi connectivity index (χ3n) is 3.80. The summed E-state index contributed by atoms with van der Waals surface area (Å²) in [6, 6.07) is 10.7. The molecule has 18 heavy (non-hydrogen) atoms. The van der Waals surface area contributed by atoms with Crippen LogP contribution in [0.1, 0.15) is 24.8 Å². The fourth-order valence-electron chi connectivity index (χ4n) is 2.94. The summed E-state index contributed by atoms with van der Waals surface area (Å²) in [4.78, 5) is 13.8. The van der Waals surface area contributed by atoms with E-state index in [1.54, 1.807) is 0 Å².